The number of rotatable bonds is 33. The van der Waals surface area contributed by atoms with Gasteiger partial charge in [-0.25, -0.2) is 9.13 Å². The molecular formula is C39H77N2+. The van der Waals surface area contributed by atoms with E-state index < -0.39 is 0 Å². The van der Waals surface area contributed by atoms with Crippen LogP contribution in [-0.2, 0) is 19.5 Å². The van der Waals surface area contributed by atoms with Gasteiger partial charge in [0.25, 0.3) is 5.82 Å². The van der Waals surface area contributed by atoms with E-state index in [-0.39, 0.29) is 0 Å². The highest BCUT2D eigenvalue weighted by atomic mass is 15.1. The molecule has 0 aliphatic carbocycles. The molecule has 0 aromatic carbocycles. The molecule has 0 saturated heterocycles. The van der Waals surface area contributed by atoms with Gasteiger partial charge < -0.3 is 0 Å². The molecule has 2 heteroatoms. The first-order valence-corrected chi connectivity index (χ1v) is 19.4. The topological polar surface area (TPSA) is 8.81 Å². The van der Waals surface area contributed by atoms with Crippen molar-refractivity contribution in [1.29, 1.82) is 0 Å². The molecule has 2 nitrogen and oxygen atoms in total. The molecule has 0 atom stereocenters. The van der Waals surface area contributed by atoms with Crippen LogP contribution in [-0.4, -0.2) is 4.57 Å². The Hall–Kier alpha value is -0.790. The molecular weight excluding hydrogens is 496 g/mol. The fourth-order valence-corrected chi connectivity index (χ4v) is 6.55. The Morgan fingerprint density at radius 2 is 0.756 bits per heavy atom. The van der Waals surface area contributed by atoms with E-state index in [2.05, 4.69) is 42.3 Å². The number of aromatic nitrogens is 2. The summed E-state index contributed by atoms with van der Waals surface area (Å²) in [5, 5.41) is 0. The van der Waals surface area contributed by atoms with E-state index in [1.807, 2.05) is 0 Å². The van der Waals surface area contributed by atoms with Crippen LogP contribution < -0.4 is 4.57 Å². The molecule has 0 spiro atoms. The van der Waals surface area contributed by atoms with Crippen molar-refractivity contribution in [2.45, 2.75) is 233 Å². The van der Waals surface area contributed by atoms with Crippen LogP contribution in [0, 0.1) is 0 Å². The largest absolute Gasteiger partial charge is 0.256 e. The summed E-state index contributed by atoms with van der Waals surface area (Å²) in [5.74, 6) is 1.58. The van der Waals surface area contributed by atoms with Gasteiger partial charge >= 0.3 is 0 Å². The Kier molecular flexibility index (Phi) is 28.6. The maximum atomic E-state index is 2.58. The average Bonchev–Trinajstić information content (AvgIpc) is 3.36. The Balaban J connectivity index is 2.00. The van der Waals surface area contributed by atoms with Crippen molar-refractivity contribution in [3.63, 3.8) is 0 Å². The van der Waals surface area contributed by atoms with Crippen LogP contribution >= 0.6 is 0 Å². The standard InChI is InChI=1S/C39H77N2/c1-4-7-9-11-13-15-17-19-21-23-25-27-29-31-33-36-41-38-37-40(39(41)34-6-3)35-32-30-28-26-24-22-20-18-16-14-12-10-8-5-2/h37-38H,4-36H2,1-3H3/q+1. The Morgan fingerprint density at radius 3 is 1.12 bits per heavy atom. The summed E-state index contributed by atoms with van der Waals surface area (Å²) < 4.78 is 5.16. The molecule has 0 N–H and O–H groups in total. The predicted molar refractivity (Wildman–Crippen MR) is 184 cm³/mol. The number of hydrogen-bond donors (Lipinski definition) is 0. The lowest BCUT2D eigenvalue weighted by atomic mass is 10.0. The van der Waals surface area contributed by atoms with Crippen molar-refractivity contribution in [2.24, 2.45) is 0 Å². The van der Waals surface area contributed by atoms with Crippen molar-refractivity contribution in [3.05, 3.63) is 18.2 Å². The highest BCUT2D eigenvalue weighted by Gasteiger charge is 2.15. The normalized spacial score (nSPS) is 11.6. The summed E-state index contributed by atoms with van der Waals surface area (Å²) in [7, 11) is 0. The van der Waals surface area contributed by atoms with Crippen LogP contribution in [0.15, 0.2) is 12.4 Å². The van der Waals surface area contributed by atoms with Gasteiger partial charge in [0.1, 0.15) is 12.4 Å². The fraction of sp³-hybridized carbons (Fsp3) is 0.923. The van der Waals surface area contributed by atoms with E-state index in [0.29, 0.717) is 0 Å². The van der Waals surface area contributed by atoms with Crippen molar-refractivity contribution >= 4 is 0 Å². The van der Waals surface area contributed by atoms with Gasteiger partial charge in [-0.05, 0) is 32.1 Å². The third-order valence-corrected chi connectivity index (χ3v) is 9.32. The summed E-state index contributed by atoms with van der Waals surface area (Å²) in [5.41, 5.74) is 0. The molecule has 0 amide bonds. The first kappa shape index (κ1) is 38.2. The van der Waals surface area contributed by atoms with Gasteiger partial charge in [-0.2, -0.15) is 0 Å². The molecule has 0 fully saturated rings. The maximum Gasteiger partial charge on any atom is 0.256 e. The number of aryl methyl sites for hydroxylation is 2. The molecule has 1 aromatic rings. The van der Waals surface area contributed by atoms with Crippen molar-refractivity contribution in [1.82, 2.24) is 4.57 Å². The zero-order valence-electron chi connectivity index (χ0n) is 28.9. The van der Waals surface area contributed by atoms with Gasteiger partial charge in [-0.3, -0.25) is 0 Å². The smallest absolute Gasteiger partial charge is 0.234 e. The zero-order chi connectivity index (χ0) is 29.5. The molecule has 242 valence electrons. The molecule has 0 unspecified atom stereocenters. The summed E-state index contributed by atoms with van der Waals surface area (Å²) in [6, 6.07) is 0. The molecule has 0 radical (unpaired) electrons. The van der Waals surface area contributed by atoms with E-state index in [1.54, 1.807) is 5.82 Å². The van der Waals surface area contributed by atoms with Crippen LogP contribution in [0.4, 0.5) is 0 Å². The van der Waals surface area contributed by atoms with Crippen molar-refractivity contribution in [3.8, 4) is 0 Å². The number of unbranched alkanes of at least 4 members (excludes halogenated alkanes) is 27. The Morgan fingerprint density at radius 1 is 0.415 bits per heavy atom. The van der Waals surface area contributed by atoms with Gasteiger partial charge in [-0.1, -0.05) is 181 Å². The van der Waals surface area contributed by atoms with Gasteiger partial charge in [0.05, 0.1) is 13.1 Å². The van der Waals surface area contributed by atoms with E-state index in [0.717, 1.165) is 0 Å². The summed E-state index contributed by atoms with van der Waals surface area (Å²) in [4.78, 5) is 0. The molecule has 1 rings (SSSR count). The lowest BCUT2D eigenvalue weighted by Crippen LogP contribution is -2.37. The van der Waals surface area contributed by atoms with Crippen molar-refractivity contribution in [2.75, 3.05) is 0 Å². The molecule has 1 aromatic heterocycles. The molecule has 0 aliphatic heterocycles. The van der Waals surface area contributed by atoms with Crippen LogP contribution in [0.3, 0.4) is 0 Å². The first-order chi connectivity index (χ1) is 20.3. The van der Waals surface area contributed by atoms with Gasteiger partial charge in [0.2, 0.25) is 0 Å². The van der Waals surface area contributed by atoms with E-state index in [4.69, 9.17) is 0 Å². The molecule has 1 heterocycles. The number of hydrogen-bond acceptors (Lipinski definition) is 0. The zero-order valence-corrected chi connectivity index (χ0v) is 28.9. The second-order valence-corrected chi connectivity index (χ2v) is 13.4. The van der Waals surface area contributed by atoms with Gasteiger partial charge in [0.15, 0.2) is 0 Å². The molecule has 0 aliphatic rings. The highest BCUT2D eigenvalue weighted by Crippen LogP contribution is 2.15. The second kappa shape index (κ2) is 30.7. The summed E-state index contributed by atoms with van der Waals surface area (Å²) in [6.45, 7) is 9.39. The molecule has 41 heavy (non-hydrogen) atoms. The van der Waals surface area contributed by atoms with E-state index in [9.17, 15) is 0 Å². The number of imidazole rings is 1. The van der Waals surface area contributed by atoms with Crippen LogP contribution in [0.1, 0.15) is 219 Å². The van der Waals surface area contributed by atoms with Crippen molar-refractivity contribution < 1.29 is 4.57 Å². The fourth-order valence-electron chi connectivity index (χ4n) is 6.55. The van der Waals surface area contributed by atoms with Crippen LogP contribution in [0.25, 0.3) is 0 Å². The Bertz CT molecular complexity index is 634. The minimum atomic E-state index is 1.22. The lowest BCUT2D eigenvalue weighted by Gasteiger charge is -2.06. The van der Waals surface area contributed by atoms with Gasteiger partial charge in [-0.15, -0.1) is 0 Å². The number of nitrogens with zero attached hydrogens (tertiary/aromatic N) is 2. The van der Waals surface area contributed by atoms with E-state index in [1.165, 1.54) is 212 Å². The average molecular weight is 574 g/mol. The Labute approximate surface area is 259 Å². The third kappa shape index (κ3) is 23.4. The van der Waals surface area contributed by atoms with Crippen LogP contribution in [0.2, 0.25) is 0 Å². The monoisotopic (exact) mass is 574 g/mol. The predicted octanol–water partition coefficient (Wildman–Crippen LogP) is 13.1. The highest BCUT2D eigenvalue weighted by molar-refractivity contribution is 4.84. The third-order valence-electron chi connectivity index (χ3n) is 9.32. The quantitative estimate of drug-likeness (QED) is 0.0584. The van der Waals surface area contributed by atoms with E-state index >= 15 is 0 Å². The summed E-state index contributed by atoms with van der Waals surface area (Å²) in [6.07, 6.45) is 49.0. The second-order valence-electron chi connectivity index (χ2n) is 13.4. The minimum absolute atomic E-state index is 1.22. The van der Waals surface area contributed by atoms with Crippen LogP contribution in [0.5, 0.6) is 0 Å². The SMILES string of the molecule is CCCCCCCCCCCCCCCCCn1cc[n+](CCCCCCCCCCCCCCCC)c1CCC. The van der Waals surface area contributed by atoms with Gasteiger partial charge in [0, 0.05) is 6.42 Å². The molecule has 0 saturated carbocycles. The summed E-state index contributed by atoms with van der Waals surface area (Å²) >= 11 is 0. The maximum absolute atomic E-state index is 2.58. The molecule has 0 bridgehead atoms. The minimum Gasteiger partial charge on any atom is -0.234 e. The lowest BCUT2D eigenvalue weighted by molar-refractivity contribution is -0.704. The first-order valence-electron chi connectivity index (χ1n) is 19.4.